The Bertz CT molecular complexity index is 1600. The summed E-state index contributed by atoms with van der Waals surface area (Å²) in [4.78, 5) is 21.8. The Kier molecular flexibility index (Phi) is 7.91. The van der Waals surface area contributed by atoms with E-state index in [0.29, 0.717) is 17.4 Å². The first kappa shape index (κ1) is 26.7. The molecule has 0 bridgehead atoms. The number of nitrogens with one attached hydrogen (secondary N) is 3. The van der Waals surface area contributed by atoms with E-state index >= 15 is 0 Å². The summed E-state index contributed by atoms with van der Waals surface area (Å²) in [6.45, 7) is 7.73. The Labute approximate surface area is 233 Å². The van der Waals surface area contributed by atoms with Gasteiger partial charge in [0.2, 0.25) is 0 Å². The van der Waals surface area contributed by atoms with Gasteiger partial charge in [0.05, 0.1) is 17.8 Å². The molecule has 2 aromatic heterocycles. The molecule has 0 atom stereocenters. The van der Waals surface area contributed by atoms with Crippen LogP contribution in [0.3, 0.4) is 0 Å². The van der Waals surface area contributed by atoms with Crippen molar-refractivity contribution in [1.82, 2.24) is 25.5 Å². The maximum Gasteiger partial charge on any atom is 0.258 e. The van der Waals surface area contributed by atoms with E-state index in [0.717, 1.165) is 39.0 Å². The van der Waals surface area contributed by atoms with Crippen molar-refractivity contribution in [3.63, 3.8) is 0 Å². The van der Waals surface area contributed by atoms with E-state index in [1.165, 1.54) is 0 Å². The summed E-state index contributed by atoms with van der Waals surface area (Å²) in [7, 11) is 0. The summed E-state index contributed by atoms with van der Waals surface area (Å²) in [6, 6.07) is 21.3. The molecule has 0 aliphatic rings. The lowest BCUT2D eigenvalue weighted by atomic mass is 10.1. The van der Waals surface area contributed by atoms with Crippen LogP contribution in [0.1, 0.15) is 27.7 Å². The summed E-state index contributed by atoms with van der Waals surface area (Å²) in [5.74, 6) is 2.30. The van der Waals surface area contributed by atoms with Gasteiger partial charge in [-0.15, -0.1) is 0 Å². The normalized spacial score (nSPS) is 11.2. The van der Waals surface area contributed by atoms with E-state index in [4.69, 9.17) is 19.4 Å². The van der Waals surface area contributed by atoms with Crippen LogP contribution in [0.4, 0.5) is 11.5 Å². The Hall–Kier alpha value is -4.92. The van der Waals surface area contributed by atoms with Crippen LogP contribution >= 0.6 is 0 Å². The molecule has 1 amide bonds. The number of rotatable bonds is 10. The maximum absolute atomic E-state index is 12.0. The Morgan fingerprint density at radius 1 is 0.900 bits per heavy atom. The molecule has 0 saturated carbocycles. The predicted octanol–water partition coefficient (Wildman–Crippen LogP) is 6.12. The number of hydrogen-bond donors (Lipinski definition) is 3. The number of amides is 1. The minimum Gasteiger partial charge on any atom is -0.491 e. The average Bonchev–Trinajstić information content (AvgIpc) is 3.47. The molecule has 3 N–H and O–H groups in total. The zero-order chi connectivity index (χ0) is 28.1. The van der Waals surface area contributed by atoms with Crippen LogP contribution in [0.5, 0.6) is 11.5 Å². The first-order chi connectivity index (χ1) is 19.3. The number of aromatic nitrogens is 4. The van der Waals surface area contributed by atoms with Gasteiger partial charge in [-0.2, -0.15) is 5.10 Å². The molecule has 9 nitrogen and oxygen atoms in total. The number of nitrogens with zero attached hydrogens (tertiary/aromatic N) is 3. The quantitative estimate of drug-likeness (QED) is 0.197. The van der Waals surface area contributed by atoms with E-state index in [-0.39, 0.29) is 24.7 Å². The number of ether oxygens (including phenoxy) is 2. The highest BCUT2D eigenvalue weighted by Crippen LogP contribution is 2.32. The molecule has 2 heterocycles. The van der Waals surface area contributed by atoms with Gasteiger partial charge >= 0.3 is 0 Å². The highest BCUT2D eigenvalue weighted by atomic mass is 16.5. The average molecular weight is 537 g/mol. The molecule has 0 spiro atoms. The largest absolute Gasteiger partial charge is 0.491 e. The number of carbonyl (C=O) groups excluding carboxylic acids is 1. The van der Waals surface area contributed by atoms with E-state index in [1.54, 1.807) is 6.20 Å². The van der Waals surface area contributed by atoms with E-state index in [2.05, 4.69) is 20.8 Å². The van der Waals surface area contributed by atoms with Crippen molar-refractivity contribution in [2.75, 3.05) is 11.9 Å². The van der Waals surface area contributed by atoms with Crippen molar-refractivity contribution in [1.29, 1.82) is 0 Å². The lowest BCUT2D eigenvalue weighted by Crippen LogP contribution is -2.34. The molecule has 204 valence electrons. The summed E-state index contributed by atoms with van der Waals surface area (Å²) in [5, 5.41) is 14.0. The fraction of sp³-hybridized carbons (Fsp3) is 0.226. The molecule has 0 radical (unpaired) electrons. The lowest BCUT2D eigenvalue weighted by molar-refractivity contribution is -0.123. The summed E-state index contributed by atoms with van der Waals surface area (Å²) in [5.41, 5.74) is 4.48. The molecule has 0 aliphatic carbocycles. The number of H-pyrrole nitrogens is 1. The third-order valence-electron chi connectivity index (χ3n) is 5.93. The second kappa shape index (κ2) is 11.9. The topological polar surface area (TPSA) is 114 Å². The summed E-state index contributed by atoms with van der Waals surface area (Å²) < 4.78 is 11.7. The highest BCUT2D eigenvalue weighted by molar-refractivity contribution is 5.93. The van der Waals surface area contributed by atoms with Crippen LogP contribution in [-0.2, 0) is 4.79 Å². The maximum atomic E-state index is 12.0. The zero-order valence-corrected chi connectivity index (χ0v) is 22.9. The molecular weight excluding hydrogens is 504 g/mol. The fourth-order valence-corrected chi connectivity index (χ4v) is 4.21. The predicted molar refractivity (Wildman–Crippen MR) is 157 cm³/mol. The SMILES string of the molecule is CC(C)NC(=O)COc1cccc(-c2nc(Nc3ccc(-c4cn[nH]c4)cc3)c3cc(OC(C)C)ccc3n2)c1. The second-order valence-electron chi connectivity index (χ2n) is 9.97. The minimum atomic E-state index is -0.174. The molecule has 0 saturated heterocycles. The number of aromatic amines is 1. The number of anilines is 2. The summed E-state index contributed by atoms with van der Waals surface area (Å²) in [6.07, 6.45) is 3.68. The molecule has 9 heteroatoms. The lowest BCUT2D eigenvalue weighted by Gasteiger charge is -2.15. The van der Waals surface area contributed by atoms with Gasteiger partial charge in [-0.25, -0.2) is 9.97 Å². The van der Waals surface area contributed by atoms with Gasteiger partial charge in [-0.1, -0.05) is 24.3 Å². The molecule has 5 aromatic rings. The van der Waals surface area contributed by atoms with Crippen LogP contribution in [0.25, 0.3) is 33.4 Å². The van der Waals surface area contributed by atoms with Crippen LogP contribution in [0, 0.1) is 0 Å². The Balaban J connectivity index is 1.48. The van der Waals surface area contributed by atoms with Crippen molar-refractivity contribution in [2.24, 2.45) is 0 Å². The van der Waals surface area contributed by atoms with Gasteiger partial charge < -0.3 is 20.1 Å². The van der Waals surface area contributed by atoms with E-state index < -0.39 is 0 Å². The van der Waals surface area contributed by atoms with Crippen molar-refractivity contribution < 1.29 is 14.3 Å². The van der Waals surface area contributed by atoms with Crippen LogP contribution in [-0.4, -0.2) is 44.8 Å². The van der Waals surface area contributed by atoms with Crippen molar-refractivity contribution in [2.45, 2.75) is 39.8 Å². The first-order valence-electron chi connectivity index (χ1n) is 13.2. The van der Waals surface area contributed by atoms with Crippen molar-refractivity contribution >= 4 is 28.3 Å². The Morgan fingerprint density at radius 2 is 1.73 bits per heavy atom. The molecule has 0 aliphatic heterocycles. The van der Waals surface area contributed by atoms with Gasteiger partial charge in [0.25, 0.3) is 5.91 Å². The van der Waals surface area contributed by atoms with Gasteiger partial charge in [0, 0.05) is 34.4 Å². The molecule has 0 unspecified atom stereocenters. The molecule has 0 fully saturated rings. The van der Waals surface area contributed by atoms with Crippen molar-refractivity contribution in [3.05, 3.63) is 79.1 Å². The van der Waals surface area contributed by atoms with Crippen LogP contribution in [0.2, 0.25) is 0 Å². The third kappa shape index (κ3) is 6.55. The molecule has 5 rings (SSSR count). The third-order valence-corrected chi connectivity index (χ3v) is 5.93. The van der Waals surface area contributed by atoms with Crippen LogP contribution in [0.15, 0.2) is 79.1 Å². The number of hydrogen-bond acceptors (Lipinski definition) is 7. The number of fused-ring (bicyclic) bond motifs is 1. The number of benzene rings is 3. The van der Waals surface area contributed by atoms with E-state index in [1.807, 2.05) is 101 Å². The van der Waals surface area contributed by atoms with Gasteiger partial charge in [0.1, 0.15) is 17.3 Å². The van der Waals surface area contributed by atoms with Crippen molar-refractivity contribution in [3.8, 4) is 34.0 Å². The van der Waals surface area contributed by atoms with Gasteiger partial charge in [-0.05, 0) is 75.7 Å². The highest BCUT2D eigenvalue weighted by Gasteiger charge is 2.13. The van der Waals surface area contributed by atoms with Gasteiger partial charge in [-0.3, -0.25) is 9.89 Å². The second-order valence-corrected chi connectivity index (χ2v) is 9.97. The van der Waals surface area contributed by atoms with Gasteiger partial charge in [0.15, 0.2) is 12.4 Å². The first-order valence-corrected chi connectivity index (χ1v) is 13.2. The number of carbonyl (C=O) groups is 1. The molecule has 3 aromatic carbocycles. The molecule has 40 heavy (non-hydrogen) atoms. The fourth-order valence-electron chi connectivity index (χ4n) is 4.21. The minimum absolute atomic E-state index is 0.0369. The molecular formula is C31H32N6O3. The monoisotopic (exact) mass is 536 g/mol. The van der Waals surface area contributed by atoms with Crippen LogP contribution < -0.4 is 20.1 Å². The van der Waals surface area contributed by atoms with E-state index in [9.17, 15) is 4.79 Å². The smallest absolute Gasteiger partial charge is 0.258 e. The zero-order valence-electron chi connectivity index (χ0n) is 22.9. The Morgan fingerprint density at radius 3 is 2.45 bits per heavy atom. The summed E-state index contributed by atoms with van der Waals surface area (Å²) >= 11 is 0. The standard InChI is InChI=1S/C31H32N6O3/c1-19(2)34-29(38)18-39-25-7-5-6-22(14-25)30-36-28-13-12-26(40-20(3)4)15-27(28)31(37-30)35-24-10-8-21(9-11-24)23-16-32-33-17-23/h5-17,19-20H,18H2,1-4H3,(H,32,33)(H,34,38)(H,35,36,37).